The van der Waals surface area contributed by atoms with Gasteiger partial charge in [0.2, 0.25) is 11.8 Å². The Hall–Kier alpha value is -1.75. The van der Waals surface area contributed by atoms with Crippen LogP contribution in [-0.4, -0.2) is 25.0 Å². The van der Waals surface area contributed by atoms with E-state index in [0.717, 1.165) is 12.0 Å². The minimum atomic E-state index is -0.393. The predicted molar refractivity (Wildman–Crippen MR) is 83.9 cm³/mol. The van der Waals surface area contributed by atoms with Gasteiger partial charge in [0.25, 0.3) is 0 Å². The molecule has 0 aliphatic carbocycles. The lowest BCUT2D eigenvalue weighted by Crippen LogP contribution is -2.34. The van der Waals surface area contributed by atoms with Crippen molar-refractivity contribution in [1.29, 1.82) is 0 Å². The number of aryl methyl sites for hydroxylation is 1. The van der Waals surface area contributed by atoms with Crippen molar-refractivity contribution in [1.82, 2.24) is 5.32 Å². The number of nitrogens with one attached hydrogen (secondary N) is 2. The molecule has 2 N–H and O–H groups in total. The quantitative estimate of drug-likeness (QED) is 0.794. The number of hydrogen-bond acceptors (Lipinski definition) is 3. The maximum absolute atomic E-state index is 11.9. The largest absolute Gasteiger partial charge is 0.495 e. The minimum Gasteiger partial charge on any atom is -0.495 e. The number of ether oxygens (including phenoxy) is 1. The van der Waals surface area contributed by atoms with E-state index >= 15 is 0 Å². The standard InChI is InChI=1S/C15H21ClN2O3/c1-5-10(3)17-14(19)8-15(20)18-12-6-9(2)11(16)7-13(12)21-4/h6-7,10H,5,8H2,1-4H3,(H,17,19)(H,18,20). The molecule has 1 rings (SSSR count). The number of rotatable bonds is 6. The van der Waals surface area contributed by atoms with Gasteiger partial charge in [-0.3, -0.25) is 9.59 Å². The molecule has 0 spiro atoms. The number of halogens is 1. The van der Waals surface area contributed by atoms with Crippen molar-refractivity contribution in [3.05, 3.63) is 22.7 Å². The molecule has 116 valence electrons. The molecule has 0 saturated heterocycles. The van der Waals surface area contributed by atoms with Crippen molar-refractivity contribution in [3.8, 4) is 5.75 Å². The lowest BCUT2D eigenvalue weighted by molar-refractivity contribution is -0.127. The molecular formula is C15H21ClN2O3. The van der Waals surface area contributed by atoms with Crippen LogP contribution < -0.4 is 15.4 Å². The Balaban J connectivity index is 2.71. The first-order valence-electron chi connectivity index (χ1n) is 6.80. The predicted octanol–water partition coefficient (Wildman–Crippen LogP) is 2.90. The van der Waals surface area contributed by atoms with Gasteiger partial charge in [-0.15, -0.1) is 0 Å². The first-order chi connectivity index (χ1) is 9.87. The van der Waals surface area contributed by atoms with Crippen LogP contribution >= 0.6 is 11.6 Å². The second kappa shape index (κ2) is 7.88. The van der Waals surface area contributed by atoms with Crippen molar-refractivity contribution >= 4 is 29.1 Å². The van der Waals surface area contributed by atoms with Crippen LogP contribution in [0.1, 0.15) is 32.3 Å². The Morgan fingerprint density at radius 3 is 2.57 bits per heavy atom. The molecule has 2 amide bonds. The minimum absolute atomic E-state index is 0.0533. The van der Waals surface area contributed by atoms with Crippen LogP contribution in [0.3, 0.4) is 0 Å². The van der Waals surface area contributed by atoms with E-state index in [4.69, 9.17) is 16.3 Å². The molecule has 0 aliphatic rings. The highest BCUT2D eigenvalue weighted by Crippen LogP contribution is 2.30. The Morgan fingerprint density at radius 2 is 2.00 bits per heavy atom. The maximum Gasteiger partial charge on any atom is 0.233 e. The average molecular weight is 313 g/mol. The first-order valence-corrected chi connectivity index (χ1v) is 7.18. The van der Waals surface area contributed by atoms with Crippen LogP contribution in [-0.2, 0) is 9.59 Å². The summed E-state index contributed by atoms with van der Waals surface area (Å²) in [4.78, 5) is 23.6. The average Bonchev–Trinajstić information content (AvgIpc) is 2.41. The van der Waals surface area contributed by atoms with Gasteiger partial charge in [-0.05, 0) is 31.9 Å². The molecule has 1 unspecified atom stereocenters. The van der Waals surface area contributed by atoms with Crippen LogP contribution in [0.5, 0.6) is 5.75 Å². The van der Waals surface area contributed by atoms with Gasteiger partial charge in [-0.1, -0.05) is 18.5 Å². The van der Waals surface area contributed by atoms with Crippen molar-refractivity contribution in [2.45, 2.75) is 39.7 Å². The van der Waals surface area contributed by atoms with Crippen LogP contribution in [0.2, 0.25) is 5.02 Å². The fourth-order valence-corrected chi connectivity index (χ4v) is 1.85. The fourth-order valence-electron chi connectivity index (χ4n) is 1.70. The Bertz CT molecular complexity index is 532. The lowest BCUT2D eigenvalue weighted by atomic mass is 10.2. The van der Waals surface area contributed by atoms with E-state index in [1.165, 1.54) is 7.11 Å². The third-order valence-corrected chi connectivity index (χ3v) is 3.50. The van der Waals surface area contributed by atoms with E-state index in [-0.39, 0.29) is 18.4 Å². The van der Waals surface area contributed by atoms with Gasteiger partial charge in [0, 0.05) is 17.1 Å². The summed E-state index contributed by atoms with van der Waals surface area (Å²) < 4.78 is 5.17. The van der Waals surface area contributed by atoms with Gasteiger partial charge in [0.15, 0.2) is 0 Å². The molecule has 0 bridgehead atoms. The summed E-state index contributed by atoms with van der Waals surface area (Å²) in [7, 11) is 1.49. The topological polar surface area (TPSA) is 67.4 Å². The van der Waals surface area contributed by atoms with Crippen molar-refractivity contribution in [2.24, 2.45) is 0 Å². The summed E-state index contributed by atoms with van der Waals surface area (Å²) in [6, 6.07) is 3.40. The second-order valence-corrected chi connectivity index (χ2v) is 5.31. The molecule has 0 radical (unpaired) electrons. The summed E-state index contributed by atoms with van der Waals surface area (Å²) in [5.74, 6) is -0.233. The van der Waals surface area contributed by atoms with Gasteiger partial charge < -0.3 is 15.4 Å². The van der Waals surface area contributed by atoms with E-state index in [0.29, 0.717) is 16.5 Å². The molecule has 5 nitrogen and oxygen atoms in total. The first kappa shape index (κ1) is 17.3. The van der Waals surface area contributed by atoms with Crippen LogP contribution in [0.15, 0.2) is 12.1 Å². The number of carbonyl (C=O) groups excluding carboxylic acids is 2. The van der Waals surface area contributed by atoms with Crippen LogP contribution in [0.25, 0.3) is 0 Å². The van der Waals surface area contributed by atoms with E-state index in [1.807, 2.05) is 20.8 Å². The lowest BCUT2D eigenvalue weighted by Gasteiger charge is -2.13. The van der Waals surface area contributed by atoms with Gasteiger partial charge in [0.05, 0.1) is 12.8 Å². The van der Waals surface area contributed by atoms with Crippen molar-refractivity contribution in [3.63, 3.8) is 0 Å². The van der Waals surface area contributed by atoms with Crippen LogP contribution in [0, 0.1) is 6.92 Å². The second-order valence-electron chi connectivity index (χ2n) is 4.90. The zero-order chi connectivity index (χ0) is 16.0. The van der Waals surface area contributed by atoms with E-state index in [2.05, 4.69) is 10.6 Å². The molecular weight excluding hydrogens is 292 g/mol. The highest BCUT2D eigenvalue weighted by molar-refractivity contribution is 6.31. The summed E-state index contributed by atoms with van der Waals surface area (Å²) in [6.07, 6.45) is 0.590. The monoisotopic (exact) mass is 312 g/mol. The highest BCUT2D eigenvalue weighted by atomic mass is 35.5. The Kier molecular flexibility index (Phi) is 6.49. The molecule has 1 aromatic rings. The number of hydrogen-bond donors (Lipinski definition) is 2. The Labute approximate surface area is 130 Å². The van der Waals surface area contributed by atoms with Crippen LogP contribution in [0.4, 0.5) is 5.69 Å². The zero-order valence-corrected chi connectivity index (χ0v) is 13.5. The number of benzene rings is 1. The van der Waals surface area contributed by atoms with Crippen molar-refractivity contribution in [2.75, 3.05) is 12.4 Å². The van der Waals surface area contributed by atoms with Crippen molar-refractivity contribution < 1.29 is 14.3 Å². The Morgan fingerprint density at radius 1 is 1.33 bits per heavy atom. The summed E-state index contributed by atoms with van der Waals surface area (Å²) >= 11 is 6.00. The molecule has 0 saturated carbocycles. The summed E-state index contributed by atoms with van der Waals surface area (Å²) in [6.45, 7) is 5.68. The fraction of sp³-hybridized carbons (Fsp3) is 0.467. The number of methoxy groups -OCH3 is 1. The zero-order valence-electron chi connectivity index (χ0n) is 12.7. The molecule has 1 atom stereocenters. The molecule has 0 aromatic heterocycles. The SMILES string of the molecule is CCC(C)NC(=O)CC(=O)Nc1cc(C)c(Cl)cc1OC. The summed E-state index contributed by atoms with van der Waals surface area (Å²) in [5.41, 5.74) is 1.32. The normalized spacial score (nSPS) is 11.7. The number of anilines is 1. The van der Waals surface area contributed by atoms with E-state index in [1.54, 1.807) is 12.1 Å². The van der Waals surface area contributed by atoms with Gasteiger partial charge >= 0.3 is 0 Å². The number of amides is 2. The molecule has 0 aliphatic heterocycles. The molecule has 21 heavy (non-hydrogen) atoms. The summed E-state index contributed by atoms with van der Waals surface area (Å²) in [5, 5.41) is 5.97. The third kappa shape index (κ3) is 5.27. The maximum atomic E-state index is 11.9. The smallest absolute Gasteiger partial charge is 0.233 e. The van der Waals surface area contributed by atoms with Gasteiger partial charge in [-0.25, -0.2) is 0 Å². The third-order valence-electron chi connectivity index (χ3n) is 3.10. The van der Waals surface area contributed by atoms with Gasteiger partial charge in [-0.2, -0.15) is 0 Å². The van der Waals surface area contributed by atoms with E-state index < -0.39 is 5.91 Å². The van der Waals surface area contributed by atoms with Gasteiger partial charge in [0.1, 0.15) is 12.2 Å². The number of carbonyl (C=O) groups is 2. The van der Waals surface area contributed by atoms with E-state index in [9.17, 15) is 9.59 Å². The molecule has 0 heterocycles. The molecule has 1 aromatic carbocycles. The molecule has 6 heteroatoms. The highest BCUT2D eigenvalue weighted by Gasteiger charge is 2.14. The molecule has 0 fully saturated rings.